The molecule has 0 heterocycles. The number of halogens is 1. The van der Waals surface area contributed by atoms with Gasteiger partial charge in [-0.25, -0.2) is 0 Å². The molecule has 0 spiro atoms. The summed E-state index contributed by atoms with van der Waals surface area (Å²) in [6, 6.07) is 0. The van der Waals surface area contributed by atoms with Crippen LogP contribution in [0.4, 0.5) is 0 Å². The fraction of sp³-hybridized carbons (Fsp3) is 1.00. The molecule has 0 rings (SSSR count). The molecular formula is C6H16ClNO3. The summed E-state index contributed by atoms with van der Waals surface area (Å²) in [6.07, 6.45) is 0. The summed E-state index contributed by atoms with van der Waals surface area (Å²) >= 11 is 0. The van der Waals surface area contributed by atoms with Crippen molar-refractivity contribution >= 4 is 12.4 Å². The van der Waals surface area contributed by atoms with Gasteiger partial charge >= 0.3 is 0 Å². The lowest BCUT2D eigenvalue weighted by atomic mass is 10.4. The Morgan fingerprint density at radius 2 is 1.00 bits per heavy atom. The van der Waals surface area contributed by atoms with Gasteiger partial charge in [0.05, 0.1) is 19.8 Å². The van der Waals surface area contributed by atoms with Gasteiger partial charge in [0.2, 0.25) is 0 Å². The average Bonchev–Trinajstić information content (AvgIpc) is 1.90. The first-order valence-electron chi connectivity index (χ1n) is 3.40. The second kappa shape index (κ2) is 10.1. The van der Waals surface area contributed by atoms with Gasteiger partial charge in [-0.1, -0.05) is 0 Å². The molecule has 0 unspecified atom stereocenters. The van der Waals surface area contributed by atoms with Crippen molar-refractivity contribution in [2.75, 3.05) is 39.5 Å². The Morgan fingerprint density at radius 1 is 0.727 bits per heavy atom. The predicted octanol–water partition coefficient (Wildman–Crippen LogP) is -1.31. The van der Waals surface area contributed by atoms with E-state index in [0.29, 0.717) is 19.6 Å². The maximum Gasteiger partial charge on any atom is 0.0558 e. The highest BCUT2D eigenvalue weighted by atomic mass is 35.5. The molecule has 0 aliphatic rings. The van der Waals surface area contributed by atoms with E-state index in [1.54, 1.807) is 4.90 Å². The Morgan fingerprint density at radius 3 is 1.18 bits per heavy atom. The number of aliphatic hydroxyl groups is 3. The predicted molar refractivity (Wildman–Crippen MR) is 44.9 cm³/mol. The third-order valence-electron chi connectivity index (χ3n) is 1.25. The van der Waals surface area contributed by atoms with Gasteiger partial charge in [-0.2, -0.15) is 0 Å². The Kier molecular flexibility index (Phi) is 12.6. The van der Waals surface area contributed by atoms with Crippen molar-refractivity contribution in [1.82, 2.24) is 4.90 Å². The lowest BCUT2D eigenvalue weighted by molar-refractivity contribution is 0.136. The topological polar surface area (TPSA) is 63.9 Å². The minimum atomic E-state index is 0. The number of hydrogen-bond donors (Lipinski definition) is 3. The smallest absolute Gasteiger partial charge is 0.0558 e. The van der Waals surface area contributed by atoms with E-state index in [0.717, 1.165) is 0 Å². The Balaban J connectivity index is 0. The van der Waals surface area contributed by atoms with Crippen molar-refractivity contribution in [2.24, 2.45) is 0 Å². The number of rotatable bonds is 6. The van der Waals surface area contributed by atoms with Gasteiger partial charge in [-0.15, -0.1) is 12.4 Å². The first-order chi connectivity index (χ1) is 4.85. The molecule has 11 heavy (non-hydrogen) atoms. The van der Waals surface area contributed by atoms with Crippen LogP contribution >= 0.6 is 12.4 Å². The lowest BCUT2D eigenvalue weighted by Crippen LogP contribution is -2.32. The van der Waals surface area contributed by atoms with E-state index in [-0.39, 0.29) is 32.2 Å². The average molecular weight is 186 g/mol. The Hall–Kier alpha value is 0.130. The summed E-state index contributed by atoms with van der Waals surface area (Å²) in [5, 5.41) is 25.5. The van der Waals surface area contributed by atoms with Crippen molar-refractivity contribution in [2.45, 2.75) is 0 Å². The molecule has 3 N–H and O–H groups in total. The largest absolute Gasteiger partial charge is 0.395 e. The van der Waals surface area contributed by atoms with Gasteiger partial charge in [-0.3, -0.25) is 4.90 Å². The lowest BCUT2D eigenvalue weighted by Gasteiger charge is -2.17. The van der Waals surface area contributed by atoms with Crippen LogP contribution in [0.1, 0.15) is 0 Å². The first kappa shape index (κ1) is 13.7. The molecule has 0 bridgehead atoms. The summed E-state index contributed by atoms with van der Waals surface area (Å²) in [5.41, 5.74) is 0. The van der Waals surface area contributed by atoms with Crippen LogP contribution in [0.15, 0.2) is 0 Å². The third kappa shape index (κ3) is 8.03. The maximum atomic E-state index is 8.48. The normalized spacial score (nSPS) is 9.82. The number of nitrogens with zero attached hydrogens (tertiary/aromatic N) is 1. The van der Waals surface area contributed by atoms with Gasteiger partial charge in [-0.05, 0) is 0 Å². The minimum absolute atomic E-state index is 0. The van der Waals surface area contributed by atoms with Crippen LogP contribution in [-0.4, -0.2) is 59.7 Å². The molecule has 0 aliphatic heterocycles. The van der Waals surface area contributed by atoms with Gasteiger partial charge < -0.3 is 15.3 Å². The van der Waals surface area contributed by atoms with Gasteiger partial charge in [0.15, 0.2) is 0 Å². The highest BCUT2D eigenvalue weighted by Crippen LogP contribution is 1.84. The van der Waals surface area contributed by atoms with Crippen LogP contribution in [-0.2, 0) is 0 Å². The summed E-state index contributed by atoms with van der Waals surface area (Å²) in [6.45, 7) is 1.75. The van der Waals surface area contributed by atoms with E-state index in [2.05, 4.69) is 0 Å². The van der Waals surface area contributed by atoms with E-state index >= 15 is 0 Å². The van der Waals surface area contributed by atoms with Crippen molar-refractivity contribution in [3.63, 3.8) is 0 Å². The second-order valence-corrected chi connectivity index (χ2v) is 2.01. The maximum absolute atomic E-state index is 8.48. The zero-order valence-corrected chi connectivity index (χ0v) is 7.26. The molecule has 0 aromatic heterocycles. The molecule has 0 atom stereocenters. The van der Waals surface area contributed by atoms with Crippen LogP contribution < -0.4 is 0 Å². The van der Waals surface area contributed by atoms with Crippen molar-refractivity contribution in [1.29, 1.82) is 0 Å². The molecule has 4 nitrogen and oxygen atoms in total. The van der Waals surface area contributed by atoms with Crippen LogP contribution in [0.2, 0.25) is 0 Å². The molecular weight excluding hydrogens is 170 g/mol. The third-order valence-corrected chi connectivity index (χ3v) is 1.25. The van der Waals surface area contributed by atoms with Crippen LogP contribution in [0.25, 0.3) is 0 Å². The Bertz CT molecular complexity index is 60.6. The first-order valence-corrected chi connectivity index (χ1v) is 3.40. The summed E-state index contributed by atoms with van der Waals surface area (Å²) in [4.78, 5) is 1.79. The van der Waals surface area contributed by atoms with E-state index in [1.807, 2.05) is 0 Å². The fourth-order valence-corrected chi connectivity index (χ4v) is 0.760. The van der Waals surface area contributed by atoms with E-state index < -0.39 is 0 Å². The SMILES string of the molecule is Cl.OCCN(CCO)CCO. The van der Waals surface area contributed by atoms with Crippen molar-refractivity contribution < 1.29 is 15.3 Å². The number of hydrogen-bond acceptors (Lipinski definition) is 4. The fourth-order valence-electron chi connectivity index (χ4n) is 0.760. The summed E-state index contributed by atoms with van der Waals surface area (Å²) in [5.74, 6) is 0. The molecule has 0 saturated heterocycles. The zero-order chi connectivity index (χ0) is 7.82. The molecule has 0 amide bonds. The van der Waals surface area contributed by atoms with Gasteiger partial charge in [0.1, 0.15) is 0 Å². The minimum Gasteiger partial charge on any atom is -0.395 e. The van der Waals surface area contributed by atoms with E-state index in [9.17, 15) is 0 Å². The number of aliphatic hydroxyl groups excluding tert-OH is 3. The monoisotopic (exact) mass is 185 g/mol. The second-order valence-electron chi connectivity index (χ2n) is 2.01. The molecule has 0 radical (unpaired) electrons. The highest BCUT2D eigenvalue weighted by Gasteiger charge is 2.00. The molecule has 0 aromatic rings. The van der Waals surface area contributed by atoms with E-state index in [1.165, 1.54) is 0 Å². The Labute approximate surface area is 72.9 Å². The zero-order valence-electron chi connectivity index (χ0n) is 6.44. The van der Waals surface area contributed by atoms with Gasteiger partial charge in [0, 0.05) is 19.6 Å². The molecule has 0 fully saturated rings. The van der Waals surface area contributed by atoms with E-state index in [4.69, 9.17) is 15.3 Å². The molecule has 0 aliphatic carbocycles. The van der Waals surface area contributed by atoms with Crippen LogP contribution in [0.3, 0.4) is 0 Å². The van der Waals surface area contributed by atoms with Crippen LogP contribution in [0.5, 0.6) is 0 Å². The summed E-state index contributed by atoms with van der Waals surface area (Å²) < 4.78 is 0. The molecule has 0 aromatic carbocycles. The standard InChI is InChI=1S/C6H15NO3.ClH/c8-4-1-7(2-5-9)3-6-10;/h8-10H,1-6H2;1H. The van der Waals surface area contributed by atoms with Crippen LogP contribution in [0, 0.1) is 0 Å². The summed E-state index contributed by atoms with van der Waals surface area (Å²) in [7, 11) is 0. The quantitative estimate of drug-likeness (QED) is 0.481. The van der Waals surface area contributed by atoms with Crippen molar-refractivity contribution in [3.05, 3.63) is 0 Å². The van der Waals surface area contributed by atoms with Crippen molar-refractivity contribution in [3.8, 4) is 0 Å². The molecule has 5 heteroatoms. The highest BCUT2D eigenvalue weighted by molar-refractivity contribution is 5.85. The molecule has 70 valence electrons. The molecule has 0 saturated carbocycles. The van der Waals surface area contributed by atoms with Gasteiger partial charge in [0.25, 0.3) is 0 Å².